The van der Waals surface area contributed by atoms with Crippen molar-refractivity contribution in [1.29, 1.82) is 0 Å². The quantitative estimate of drug-likeness (QED) is 0.452. The first-order valence-corrected chi connectivity index (χ1v) is 10.7. The smallest absolute Gasteiger partial charge is 0.220 e. The Kier molecular flexibility index (Phi) is 7.49. The molecule has 3 rings (SSSR count). The first kappa shape index (κ1) is 22.6. The second kappa shape index (κ2) is 10.3. The highest BCUT2D eigenvalue weighted by Crippen LogP contribution is 2.33. The van der Waals surface area contributed by atoms with Crippen molar-refractivity contribution in [1.82, 2.24) is 24.9 Å². The standard InChI is InChI=1S/C22H32N6O3/c1-14(2)8-9-20(29)23-10-6-7-11-24-21-22-27-26-15(3)28(22)17-13-19(31-5)18(30-4)12-16(17)25-21/h12-14H,6-11H2,1-5H3,(H,23,29)(H,24,25). The number of carbonyl (C=O) groups excluding carboxylic acids is 1. The Morgan fingerprint density at radius 2 is 1.81 bits per heavy atom. The summed E-state index contributed by atoms with van der Waals surface area (Å²) in [6.45, 7) is 7.55. The van der Waals surface area contributed by atoms with E-state index < -0.39 is 0 Å². The number of ether oxygens (including phenoxy) is 2. The molecule has 2 N–H and O–H groups in total. The average Bonchev–Trinajstić information content (AvgIpc) is 3.15. The van der Waals surface area contributed by atoms with Gasteiger partial charge in [0.05, 0.1) is 25.3 Å². The molecule has 0 aliphatic rings. The summed E-state index contributed by atoms with van der Waals surface area (Å²) in [6, 6.07) is 3.74. The normalized spacial score (nSPS) is 11.3. The Bertz CT molecular complexity index is 1050. The molecule has 1 aromatic carbocycles. The largest absolute Gasteiger partial charge is 0.493 e. The van der Waals surface area contributed by atoms with Crippen LogP contribution in [0.3, 0.4) is 0 Å². The number of hydrogen-bond donors (Lipinski definition) is 2. The number of nitrogens with one attached hydrogen (secondary N) is 2. The van der Waals surface area contributed by atoms with Crippen molar-refractivity contribution in [3.63, 3.8) is 0 Å². The van der Waals surface area contributed by atoms with E-state index in [-0.39, 0.29) is 5.91 Å². The molecule has 0 aliphatic heterocycles. The second-order valence-corrected chi connectivity index (χ2v) is 7.98. The monoisotopic (exact) mass is 428 g/mol. The van der Waals surface area contributed by atoms with Gasteiger partial charge in [-0.3, -0.25) is 9.20 Å². The van der Waals surface area contributed by atoms with Gasteiger partial charge >= 0.3 is 0 Å². The van der Waals surface area contributed by atoms with Crippen LogP contribution in [0.5, 0.6) is 11.5 Å². The van der Waals surface area contributed by atoms with Gasteiger partial charge < -0.3 is 20.1 Å². The molecule has 0 unspecified atom stereocenters. The predicted octanol–water partition coefficient (Wildman–Crippen LogP) is 3.35. The minimum atomic E-state index is 0.128. The summed E-state index contributed by atoms with van der Waals surface area (Å²) in [4.78, 5) is 16.5. The first-order valence-electron chi connectivity index (χ1n) is 10.7. The number of carbonyl (C=O) groups is 1. The van der Waals surface area contributed by atoms with Gasteiger partial charge in [-0.15, -0.1) is 10.2 Å². The zero-order chi connectivity index (χ0) is 22.4. The van der Waals surface area contributed by atoms with Crippen LogP contribution in [0.25, 0.3) is 16.7 Å². The molecule has 0 radical (unpaired) electrons. The van der Waals surface area contributed by atoms with Crippen LogP contribution >= 0.6 is 0 Å². The summed E-state index contributed by atoms with van der Waals surface area (Å²) < 4.78 is 12.8. The van der Waals surface area contributed by atoms with Gasteiger partial charge in [-0.05, 0) is 32.1 Å². The number of anilines is 1. The van der Waals surface area contributed by atoms with Crippen LogP contribution < -0.4 is 20.1 Å². The molecule has 0 bridgehead atoms. The maximum Gasteiger partial charge on any atom is 0.220 e. The molecule has 31 heavy (non-hydrogen) atoms. The van der Waals surface area contributed by atoms with E-state index in [0.29, 0.717) is 41.8 Å². The number of nitrogens with zero attached hydrogens (tertiary/aromatic N) is 4. The van der Waals surface area contributed by atoms with E-state index in [1.54, 1.807) is 14.2 Å². The van der Waals surface area contributed by atoms with Crippen LogP contribution in [-0.4, -0.2) is 52.8 Å². The molecule has 3 aromatic rings. The number of aryl methyl sites for hydroxylation is 1. The average molecular weight is 429 g/mol. The van der Waals surface area contributed by atoms with Gasteiger partial charge in [-0.2, -0.15) is 0 Å². The SMILES string of the molecule is COc1cc2nc(NCCCCNC(=O)CCC(C)C)c3nnc(C)n3c2cc1OC. The van der Waals surface area contributed by atoms with Crippen LogP contribution in [0.1, 0.15) is 45.4 Å². The number of rotatable bonds is 11. The number of benzene rings is 1. The molecule has 0 atom stereocenters. The third kappa shape index (κ3) is 5.34. The van der Waals surface area contributed by atoms with E-state index in [0.717, 1.165) is 42.7 Å². The van der Waals surface area contributed by atoms with Crippen molar-refractivity contribution in [2.24, 2.45) is 5.92 Å². The van der Waals surface area contributed by atoms with E-state index in [1.807, 2.05) is 23.5 Å². The van der Waals surface area contributed by atoms with Gasteiger partial charge in [0.15, 0.2) is 17.3 Å². The van der Waals surface area contributed by atoms with Crippen molar-refractivity contribution in [3.8, 4) is 11.5 Å². The number of methoxy groups -OCH3 is 2. The van der Waals surface area contributed by atoms with Crippen LogP contribution in [0.15, 0.2) is 12.1 Å². The maximum atomic E-state index is 11.8. The Morgan fingerprint density at radius 1 is 1.10 bits per heavy atom. The van der Waals surface area contributed by atoms with Crippen LogP contribution in [-0.2, 0) is 4.79 Å². The molecule has 1 amide bonds. The molecule has 0 saturated heterocycles. The highest BCUT2D eigenvalue weighted by molar-refractivity contribution is 5.85. The molecule has 0 spiro atoms. The predicted molar refractivity (Wildman–Crippen MR) is 121 cm³/mol. The summed E-state index contributed by atoms with van der Waals surface area (Å²) in [6.07, 6.45) is 3.30. The van der Waals surface area contributed by atoms with Gasteiger partial charge in [0.25, 0.3) is 0 Å². The Hall–Kier alpha value is -3.10. The minimum Gasteiger partial charge on any atom is -0.493 e. The highest BCUT2D eigenvalue weighted by Gasteiger charge is 2.16. The summed E-state index contributed by atoms with van der Waals surface area (Å²) in [5.74, 6) is 3.35. The Morgan fingerprint density at radius 3 is 2.52 bits per heavy atom. The molecular weight excluding hydrogens is 396 g/mol. The molecule has 168 valence electrons. The van der Waals surface area contributed by atoms with Crippen molar-refractivity contribution in [2.45, 2.75) is 46.5 Å². The molecule has 0 aliphatic carbocycles. The fourth-order valence-electron chi connectivity index (χ4n) is 3.41. The molecule has 2 aromatic heterocycles. The summed E-state index contributed by atoms with van der Waals surface area (Å²) in [7, 11) is 3.21. The lowest BCUT2D eigenvalue weighted by molar-refractivity contribution is -0.121. The highest BCUT2D eigenvalue weighted by atomic mass is 16.5. The van der Waals surface area contributed by atoms with Crippen molar-refractivity contribution < 1.29 is 14.3 Å². The van der Waals surface area contributed by atoms with E-state index in [4.69, 9.17) is 14.5 Å². The first-order chi connectivity index (χ1) is 14.9. The van der Waals surface area contributed by atoms with E-state index in [1.165, 1.54) is 0 Å². The molecule has 9 heteroatoms. The molecular formula is C22H32N6O3. The summed E-state index contributed by atoms with van der Waals surface area (Å²) >= 11 is 0. The van der Waals surface area contributed by atoms with Crippen molar-refractivity contribution in [2.75, 3.05) is 32.6 Å². The van der Waals surface area contributed by atoms with Gasteiger partial charge in [0.2, 0.25) is 11.6 Å². The third-order valence-corrected chi connectivity index (χ3v) is 5.16. The van der Waals surface area contributed by atoms with Crippen molar-refractivity contribution in [3.05, 3.63) is 18.0 Å². The number of hydrogen-bond acceptors (Lipinski definition) is 7. The topological polar surface area (TPSA) is 103 Å². The Labute approximate surface area is 182 Å². The lowest BCUT2D eigenvalue weighted by Gasteiger charge is -2.13. The van der Waals surface area contributed by atoms with E-state index in [9.17, 15) is 4.79 Å². The van der Waals surface area contributed by atoms with Crippen LogP contribution in [0, 0.1) is 12.8 Å². The Balaban J connectivity index is 1.66. The lowest BCUT2D eigenvalue weighted by atomic mass is 10.1. The van der Waals surface area contributed by atoms with E-state index in [2.05, 4.69) is 34.7 Å². The molecule has 0 saturated carbocycles. The minimum absolute atomic E-state index is 0.128. The number of unbranched alkanes of at least 4 members (excludes halogenated alkanes) is 1. The van der Waals surface area contributed by atoms with Crippen molar-refractivity contribution >= 4 is 28.4 Å². The molecule has 2 heterocycles. The van der Waals surface area contributed by atoms with Crippen LogP contribution in [0.4, 0.5) is 5.82 Å². The fourth-order valence-corrected chi connectivity index (χ4v) is 3.41. The second-order valence-electron chi connectivity index (χ2n) is 7.98. The van der Waals surface area contributed by atoms with Gasteiger partial charge in [0, 0.05) is 31.6 Å². The van der Waals surface area contributed by atoms with Gasteiger partial charge in [-0.1, -0.05) is 13.8 Å². The number of amides is 1. The maximum absolute atomic E-state index is 11.8. The zero-order valence-corrected chi connectivity index (χ0v) is 19.0. The summed E-state index contributed by atoms with van der Waals surface area (Å²) in [5, 5.41) is 14.9. The molecule has 0 fully saturated rings. The summed E-state index contributed by atoms with van der Waals surface area (Å²) in [5.41, 5.74) is 2.27. The van der Waals surface area contributed by atoms with Gasteiger partial charge in [0.1, 0.15) is 5.82 Å². The lowest BCUT2D eigenvalue weighted by Crippen LogP contribution is -2.24. The number of fused-ring (bicyclic) bond motifs is 3. The van der Waals surface area contributed by atoms with E-state index >= 15 is 0 Å². The number of aromatic nitrogens is 4. The fraction of sp³-hybridized carbons (Fsp3) is 0.545. The van der Waals surface area contributed by atoms with Crippen LogP contribution in [0.2, 0.25) is 0 Å². The third-order valence-electron chi connectivity index (χ3n) is 5.16. The van der Waals surface area contributed by atoms with Gasteiger partial charge in [-0.25, -0.2) is 4.98 Å². The molecule has 9 nitrogen and oxygen atoms in total. The zero-order valence-electron chi connectivity index (χ0n) is 19.0.